The van der Waals surface area contributed by atoms with Gasteiger partial charge in [-0.3, -0.25) is 10.1 Å². The van der Waals surface area contributed by atoms with E-state index in [0.29, 0.717) is 40.7 Å². The fourth-order valence-electron chi connectivity index (χ4n) is 3.03. The van der Waals surface area contributed by atoms with Gasteiger partial charge in [0.25, 0.3) is 5.91 Å². The fourth-order valence-corrected chi connectivity index (χ4v) is 3.24. The number of nitrogens with zero attached hydrogens (tertiary/aromatic N) is 4. The van der Waals surface area contributed by atoms with E-state index >= 15 is 0 Å². The van der Waals surface area contributed by atoms with Gasteiger partial charge in [0.15, 0.2) is 5.65 Å². The Morgan fingerprint density at radius 2 is 2.03 bits per heavy atom. The third-order valence-electron chi connectivity index (χ3n) is 4.72. The van der Waals surface area contributed by atoms with Gasteiger partial charge < -0.3 is 16.0 Å². The Kier molecular flexibility index (Phi) is 4.47. The van der Waals surface area contributed by atoms with Gasteiger partial charge in [-0.1, -0.05) is 29.8 Å². The summed E-state index contributed by atoms with van der Waals surface area (Å²) >= 11 is 6.23. The minimum Gasteiger partial charge on any atom is -0.351 e. The minimum absolute atomic E-state index is 0.135. The van der Waals surface area contributed by atoms with Crippen molar-refractivity contribution in [1.82, 2.24) is 30.2 Å². The molecule has 1 aliphatic heterocycles. The maximum atomic E-state index is 11.9. The average Bonchev–Trinajstić information content (AvgIpc) is 3.36. The van der Waals surface area contributed by atoms with Crippen molar-refractivity contribution in [2.75, 3.05) is 10.6 Å². The molecule has 2 fully saturated rings. The normalized spacial score (nSPS) is 17.3. The lowest BCUT2D eigenvalue weighted by Crippen LogP contribution is -2.22. The second-order valence-corrected chi connectivity index (χ2v) is 7.44. The summed E-state index contributed by atoms with van der Waals surface area (Å²) in [5.74, 6) is 0.446. The molecule has 0 unspecified atom stereocenters. The molecule has 0 bridgehead atoms. The number of carbonyl (C=O) groups excluding carboxylic acids is 2. The Morgan fingerprint density at radius 3 is 2.77 bits per heavy atom. The van der Waals surface area contributed by atoms with Gasteiger partial charge in [0.1, 0.15) is 5.70 Å². The zero-order chi connectivity index (χ0) is 20.7. The number of anilines is 2. The van der Waals surface area contributed by atoms with Crippen LogP contribution in [0.15, 0.2) is 36.2 Å². The van der Waals surface area contributed by atoms with Crippen LogP contribution < -0.4 is 21.3 Å². The highest BCUT2D eigenvalue weighted by atomic mass is 35.5. The van der Waals surface area contributed by atoms with Crippen LogP contribution in [0, 0.1) is 0 Å². The first-order chi connectivity index (χ1) is 14.6. The molecule has 0 radical (unpaired) electrons. The van der Waals surface area contributed by atoms with Crippen LogP contribution in [0.4, 0.5) is 16.7 Å². The first-order valence-corrected chi connectivity index (χ1v) is 9.78. The van der Waals surface area contributed by atoms with Crippen LogP contribution in [0.1, 0.15) is 24.0 Å². The number of hydrogen-bond acceptors (Lipinski definition) is 7. The number of nitrogens with one attached hydrogen (secondary N) is 4. The largest absolute Gasteiger partial charge is 0.351 e. The van der Waals surface area contributed by atoms with Crippen molar-refractivity contribution in [3.63, 3.8) is 0 Å². The van der Waals surface area contributed by atoms with Crippen molar-refractivity contribution in [2.24, 2.45) is 0 Å². The summed E-state index contributed by atoms with van der Waals surface area (Å²) < 4.78 is 1.58. The second kappa shape index (κ2) is 7.30. The number of fused-ring (bicyclic) bond motifs is 1. The molecular weight excluding hydrogens is 408 g/mol. The lowest BCUT2D eigenvalue weighted by Gasteiger charge is -2.11. The van der Waals surface area contributed by atoms with Crippen LogP contribution in [0.3, 0.4) is 0 Å². The number of amides is 3. The summed E-state index contributed by atoms with van der Waals surface area (Å²) in [6, 6.07) is 7.32. The summed E-state index contributed by atoms with van der Waals surface area (Å²) in [7, 11) is 0. The van der Waals surface area contributed by atoms with Crippen molar-refractivity contribution < 1.29 is 9.59 Å². The van der Waals surface area contributed by atoms with E-state index in [4.69, 9.17) is 11.6 Å². The first-order valence-electron chi connectivity index (χ1n) is 9.40. The molecule has 0 spiro atoms. The number of hydrogen-bond donors (Lipinski definition) is 4. The number of rotatable bonds is 6. The van der Waals surface area contributed by atoms with E-state index in [1.807, 2.05) is 24.3 Å². The maximum Gasteiger partial charge on any atom is 0.326 e. The van der Waals surface area contributed by atoms with Crippen LogP contribution >= 0.6 is 11.6 Å². The van der Waals surface area contributed by atoms with Crippen molar-refractivity contribution in [1.29, 1.82) is 0 Å². The summed E-state index contributed by atoms with van der Waals surface area (Å²) in [6.45, 7) is 0.446. The molecule has 5 rings (SSSR count). The number of benzene rings is 1. The standard InChI is InChI=1S/C19H17ClN8O2/c20-13-4-2-1-3-10(13)8-21-17-25-15-11(7-14-16(29)26-19(30)24-14)9-22-28(15)18(27-17)23-12-5-6-12/h1-4,7,9,12H,5-6,8H2,(H2,21,23,25,27)(H2,24,26,29,30)/b14-7-. The second-order valence-electron chi connectivity index (χ2n) is 7.04. The van der Waals surface area contributed by atoms with Crippen molar-refractivity contribution in [3.8, 4) is 0 Å². The Hall–Kier alpha value is -3.66. The van der Waals surface area contributed by atoms with Gasteiger partial charge in [0.2, 0.25) is 11.9 Å². The Morgan fingerprint density at radius 1 is 1.20 bits per heavy atom. The molecule has 2 aliphatic rings. The van der Waals surface area contributed by atoms with Gasteiger partial charge in [-0.15, -0.1) is 0 Å². The maximum absolute atomic E-state index is 11.9. The Bertz CT molecular complexity index is 1200. The monoisotopic (exact) mass is 424 g/mol. The van der Waals surface area contributed by atoms with Crippen LogP contribution in [0.25, 0.3) is 11.7 Å². The van der Waals surface area contributed by atoms with Crippen LogP contribution in [0.2, 0.25) is 5.02 Å². The molecule has 1 aromatic carbocycles. The molecular formula is C19H17ClN8O2. The summed E-state index contributed by atoms with van der Waals surface area (Å²) in [5.41, 5.74) is 2.12. The molecule has 3 aromatic rings. The number of aromatic nitrogens is 4. The molecule has 1 aliphatic carbocycles. The lowest BCUT2D eigenvalue weighted by atomic mass is 10.2. The molecule has 3 amide bonds. The molecule has 4 N–H and O–H groups in total. The van der Waals surface area contributed by atoms with E-state index in [9.17, 15) is 9.59 Å². The number of imide groups is 1. The van der Waals surface area contributed by atoms with Crippen molar-refractivity contribution >= 4 is 47.2 Å². The molecule has 10 nitrogen and oxygen atoms in total. The number of halogens is 1. The van der Waals surface area contributed by atoms with Gasteiger partial charge in [-0.2, -0.15) is 19.6 Å². The zero-order valence-corrected chi connectivity index (χ0v) is 16.4. The average molecular weight is 425 g/mol. The quantitative estimate of drug-likeness (QED) is 0.353. The highest BCUT2D eigenvalue weighted by molar-refractivity contribution is 6.31. The van der Waals surface area contributed by atoms with E-state index in [0.717, 1.165) is 18.4 Å². The summed E-state index contributed by atoms with van der Waals surface area (Å²) in [6.07, 6.45) is 5.25. The first kappa shape index (κ1) is 18.4. The number of urea groups is 1. The Labute approximate surface area is 175 Å². The topological polar surface area (TPSA) is 125 Å². The van der Waals surface area contributed by atoms with Gasteiger partial charge in [0, 0.05) is 23.2 Å². The smallest absolute Gasteiger partial charge is 0.326 e. The van der Waals surface area contributed by atoms with Crippen LogP contribution in [-0.4, -0.2) is 37.6 Å². The minimum atomic E-state index is -0.560. The summed E-state index contributed by atoms with van der Waals surface area (Å²) in [5, 5.41) is 16.2. The van der Waals surface area contributed by atoms with E-state index in [1.165, 1.54) is 6.08 Å². The molecule has 3 heterocycles. The van der Waals surface area contributed by atoms with Gasteiger partial charge in [-0.25, -0.2) is 4.79 Å². The molecule has 0 atom stereocenters. The molecule has 1 saturated carbocycles. The van der Waals surface area contributed by atoms with Crippen molar-refractivity contribution in [3.05, 3.63) is 52.3 Å². The zero-order valence-electron chi connectivity index (χ0n) is 15.6. The fraction of sp³-hybridized carbons (Fsp3) is 0.211. The molecule has 11 heteroatoms. The molecule has 2 aromatic heterocycles. The van der Waals surface area contributed by atoms with E-state index in [-0.39, 0.29) is 5.70 Å². The van der Waals surface area contributed by atoms with E-state index in [2.05, 4.69) is 36.3 Å². The van der Waals surface area contributed by atoms with Gasteiger partial charge >= 0.3 is 6.03 Å². The van der Waals surface area contributed by atoms with Gasteiger partial charge in [-0.05, 0) is 30.5 Å². The predicted octanol–water partition coefficient (Wildman–Crippen LogP) is 2.14. The summed E-state index contributed by atoms with van der Waals surface area (Å²) in [4.78, 5) is 32.4. The number of carbonyl (C=O) groups is 2. The molecule has 30 heavy (non-hydrogen) atoms. The van der Waals surface area contributed by atoms with Crippen LogP contribution in [-0.2, 0) is 11.3 Å². The SMILES string of the molecule is O=C1NC(=O)/C(=C/c2cnn3c(NC4CC4)nc(NCc4ccccc4Cl)nc23)N1. The van der Waals surface area contributed by atoms with E-state index in [1.54, 1.807) is 10.7 Å². The van der Waals surface area contributed by atoms with Gasteiger partial charge in [0.05, 0.1) is 6.20 Å². The molecule has 1 saturated heterocycles. The van der Waals surface area contributed by atoms with E-state index < -0.39 is 11.9 Å². The Balaban J connectivity index is 1.51. The third-order valence-corrected chi connectivity index (χ3v) is 5.09. The lowest BCUT2D eigenvalue weighted by molar-refractivity contribution is -0.115. The highest BCUT2D eigenvalue weighted by Gasteiger charge is 2.26. The van der Waals surface area contributed by atoms with Crippen molar-refractivity contribution in [2.45, 2.75) is 25.4 Å². The highest BCUT2D eigenvalue weighted by Crippen LogP contribution is 2.26. The third kappa shape index (κ3) is 3.64. The van der Waals surface area contributed by atoms with Crippen LogP contribution in [0.5, 0.6) is 0 Å². The predicted molar refractivity (Wildman–Crippen MR) is 111 cm³/mol. The molecule has 152 valence electrons.